The predicted octanol–water partition coefficient (Wildman–Crippen LogP) is 1.60. The van der Waals surface area contributed by atoms with Gasteiger partial charge in [0.25, 0.3) is 5.91 Å². The van der Waals surface area contributed by atoms with Gasteiger partial charge in [-0.15, -0.1) is 12.4 Å². The van der Waals surface area contributed by atoms with E-state index in [-0.39, 0.29) is 24.4 Å². The highest BCUT2D eigenvalue weighted by Gasteiger charge is 2.26. The second kappa shape index (κ2) is 6.20. The van der Waals surface area contributed by atoms with Crippen LogP contribution in [0, 0.1) is 12.8 Å². The van der Waals surface area contributed by atoms with Gasteiger partial charge in [0.2, 0.25) is 0 Å². The lowest BCUT2D eigenvalue weighted by Crippen LogP contribution is -2.42. The number of carbonyl (C=O) groups is 1. The minimum Gasteiger partial charge on any atom is -0.361 e. The maximum absolute atomic E-state index is 12.1. The maximum Gasteiger partial charge on any atom is 0.276 e. The molecule has 0 saturated carbocycles. The Kier molecular flexibility index (Phi) is 5.16. The Labute approximate surface area is 113 Å². The van der Waals surface area contributed by atoms with E-state index in [1.54, 1.807) is 13.0 Å². The molecule has 0 bridgehead atoms. The molecular weight excluding hydrogens is 254 g/mol. The standard InChI is InChI=1S/C12H19N3O2.ClH/c1-8-7-11(14-17-8)12(16)15-5-3-10(4-6-15)9(2)13;/h7,9-10H,3-6,13H2,1-2H3;1H. The van der Waals surface area contributed by atoms with Crippen molar-refractivity contribution < 1.29 is 9.32 Å². The first kappa shape index (κ1) is 15.0. The summed E-state index contributed by atoms with van der Waals surface area (Å²) >= 11 is 0. The Morgan fingerprint density at radius 1 is 1.56 bits per heavy atom. The molecule has 1 aliphatic rings. The fourth-order valence-corrected chi connectivity index (χ4v) is 2.26. The van der Waals surface area contributed by atoms with Crippen LogP contribution in [0.2, 0.25) is 0 Å². The van der Waals surface area contributed by atoms with E-state index in [0.717, 1.165) is 25.9 Å². The second-order valence-electron chi connectivity index (χ2n) is 4.81. The number of piperidine rings is 1. The van der Waals surface area contributed by atoms with Gasteiger partial charge in [0.15, 0.2) is 5.69 Å². The van der Waals surface area contributed by atoms with Gasteiger partial charge < -0.3 is 15.2 Å². The van der Waals surface area contributed by atoms with E-state index >= 15 is 0 Å². The van der Waals surface area contributed by atoms with Crippen molar-refractivity contribution in [3.05, 3.63) is 17.5 Å². The third kappa shape index (κ3) is 3.23. The van der Waals surface area contributed by atoms with Gasteiger partial charge in [-0.3, -0.25) is 4.79 Å². The summed E-state index contributed by atoms with van der Waals surface area (Å²) in [7, 11) is 0. The Morgan fingerprint density at radius 3 is 2.61 bits per heavy atom. The number of nitrogens with two attached hydrogens (primary N) is 1. The van der Waals surface area contributed by atoms with Crippen LogP contribution in [0.15, 0.2) is 10.6 Å². The first-order valence-corrected chi connectivity index (χ1v) is 6.06. The molecule has 1 fully saturated rings. The molecule has 102 valence electrons. The molecular formula is C12H20ClN3O2. The summed E-state index contributed by atoms with van der Waals surface area (Å²) in [5.74, 6) is 1.15. The smallest absolute Gasteiger partial charge is 0.276 e. The van der Waals surface area contributed by atoms with Crippen LogP contribution in [-0.2, 0) is 0 Å². The van der Waals surface area contributed by atoms with Crippen molar-refractivity contribution in [2.45, 2.75) is 32.7 Å². The van der Waals surface area contributed by atoms with Gasteiger partial charge in [0.05, 0.1) is 0 Å². The molecule has 18 heavy (non-hydrogen) atoms. The zero-order chi connectivity index (χ0) is 12.4. The van der Waals surface area contributed by atoms with Crippen molar-refractivity contribution in [3.63, 3.8) is 0 Å². The number of hydrogen-bond donors (Lipinski definition) is 1. The lowest BCUT2D eigenvalue weighted by molar-refractivity contribution is 0.0670. The van der Waals surface area contributed by atoms with Crippen LogP contribution in [0.4, 0.5) is 0 Å². The van der Waals surface area contributed by atoms with Gasteiger partial charge in [0.1, 0.15) is 5.76 Å². The molecule has 1 unspecified atom stereocenters. The molecule has 2 heterocycles. The highest BCUT2D eigenvalue weighted by molar-refractivity contribution is 5.92. The first-order valence-electron chi connectivity index (χ1n) is 6.06. The summed E-state index contributed by atoms with van der Waals surface area (Å²) in [6.07, 6.45) is 1.94. The van der Waals surface area contributed by atoms with E-state index in [4.69, 9.17) is 10.3 Å². The number of nitrogens with zero attached hydrogens (tertiary/aromatic N) is 2. The Morgan fingerprint density at radius 2 is 2.17 bits per heavy atom. The number of aryl methyl sites for hydroxylation is 1. The summed E-state index contributed by atoms with van der Waals surface area (Å²) in [6.45, 7) is 5.34. The van der Waals surface area contributed by atoms with Crippen LogP contribution in [-0.4, -0.2) is 35.1 Å². The Hall–Kier alpha value is -1.07. The summed E-state index contributed by atoms with van der Waals surface area (Å²) in [6, 6.07) is 1.89. The van der Waals surface area contributed by atoms with Gasteiger partial charge in [-0.05, 0) is 32.6 Å². The van der Waals surface area contributed by atoms with E-state index in [1.165, 1.54) is 0 Å². The molecule has 0 aliphatic carbocycles. The highest BCUT2D eigenvalue weighted by atomic mass is 35.5. The predicted molar refractivity (Wildman–Crippen MR) is 70.8 cm³/mol. The van der Waals surface area contributed by atoms with Gasteiger partial charge in [-0.1, -0.05) is 5.16 Å². The average Bonchev–Trinajstić information content (AvgIpc) is 2.75. The Balaban J connectivity index is 0.00000162. The largest absolute Gasteiger partial charge is 0.361 e. The van der Waals surface area contributed by atoms with Crippen molar-refractivity contribution in [1.82, 2.24) is 10.1 Å². The summed E-state index contributed by atoms with van der Waals surface area (Å²) in [5, 5.41) is 3.75. The molecule has 5 nitrogen and oxygen atoms in total. The minimum atomic E-state index is -0.0371. The normalized spacial score (nSPS) is 18.3. The fraction of sp³-hybridized carbons (Fsp3) is 0.667. The molecule has 1 aromatic heterocycles. The lowest BCUT2D eigenvalue weighted by atomic mass is 9.91. The van der Waals surface area contributed by atoms with E-state index in [1.807, 2.05) is 11.8 Å². The van der Waals surface area contributed by atoms with Crippen LogP contribution >= 0.6 is 12.4 Å². The fourth-order valence-electron chi connectivity index (χ4n) is 2.26. The van der Waals surface area contributed by atoms with Crippen molar-refractivity contribution in [2.24, 2.45) is 11.7 Å². The Bertz CT molecular complexity index is 398. The lowest BCUT2D eigenvalue weighted by Gasteiger charge is -2.33. The number of amides is 1. The molecule has 2 rings (SSSR count). The van der Waals surface area contributed by atoms with Crippen LogP contribution in [0.5, 0.6) is 0 Å². The summed E-state index contributed by atoms with van der Waals surface area (Å²) in [4.78, 5) is 13.9. The molecule has 1 amide bonds. The molecule has 6 heteroatoms. The zero-order valence-corrected chi connectivity index (χ0v) is 11.6. The molecule has 1 aromatic rings. The van der Waals surface area contributed by atoms with E-state index in [2.05, 4.69) is 5.16 Å². The second-order valence-corrected chi connectivity index (χ2v) is 4.81. The molecule has 0 radical (unpaired) electrons. The van der Waals surface area contributed by atoms with Crippen molar-refractivity contribution in [1.29, 1.82) is 0 Å². The van der Waals surface area contributed by atoms with Crippen molar-refractivity contribution >= 4 is 18.3 Å². The molecule has 0 spiro atoms. The number of aromatic nitrogens is 1. The number of halogens is 1. The van der Waals surface area contributed by atoms with E-state index in [0.29, 0.717) is 17.4 Å². The number of carbonyl (C=O) groups excluding carboxylic acids is 1. The van der Waals surface area contributed by atoms with Crippen LogP contribution < -0.4 is 5.73 Å². The average molecular weight is 274 g/mol. The minimum absolute atomic E-state index is 0. The highest BCUT2D eigenvalue weighted by Crippen LogP contribution is 2.20. The van der Waals surface area contributed by atoms with E-state index in [9.17, 15) is 4.79 Å². The SMILES string of the molecule is Cc1cc(C(=O)N2CCC(C(C)N)CC2)no1.Cl. The summed E-state index contributed by atoms with van der Waals surface area (Å²) < 4.78 is 4.92. The molecule has 1 aliphatic heterocycles. The topological polar surface area (TPSA) is 72.4 Å². The van der Waals surface area contributed by atoms with E-state index < -0.39 is 0 Å². The van der Waals surface area contributed by atoms with Crippen molar-refractivity contribution in [3.8, 4) is 0 Å². The quantitative estimate of drug-likeness (QED) is 0.888. The number of hydrogen-bond acceptors (Lipinski definition) is 4. The van der Waals surface area contributed by atoms with Crippen LogP contribution in [0.1, 0.15) is 36.0 Å². The number of likely N-dealkylation sites (tertiary alicyclic amines) is 1. The van der Waals surface area contributed by atoms with Gasteiger partial charge in [-0.2, -0.15) is 0 Å². The van der Waals surface area contributed by atoms with Crippen LogP contribution in [0.3, 0.4) is 0 Å². The monoisotopic (exact) mass is 273 g/mol. The molecule has 1 atom stereocenters. The van der Waals surface area contributed by atoms with Crippen LogP contribution in [0.25, 0.3) is 0 Å². The maximum atomic E-state index is 12.1. The summed E-state index contributed by atoms with van der Waals surface area (Å²) in [5.41, 5.74) is 6.28. The zero-order valence-electron chi connectivity index (χ0n) is 10.8. The van der Waals surface area contributed by atoms with Gasteiger partial charge in [0, 0.05) is 25.2 Å². The first-order chi connectivity index (χ1) is 8.08. The van der Waals surface area contributed by atoms with Gasteiger partial charge in [-0.25, -0.2) is 0 Å². The third-order valence-electron chi connectivity index (χ3n) is 3.42. The van der Waals surface area contributed by atoms with Crippen molar-refractivity contribution in [2.75, 3.05) is 13.1 Å². The van der Waals surface area contributed by atoms with Gasteiger partial charge >= 0.3 is 0 Å². The molecule has 2 N–H and O–H groups in total. The molecule has 1 saturated heterocycles. The number of rotatable bonds is 2. The molecule has 0 aromatic carbocycles. The third-order valence-corrected chi connectivity index (χ3v) is 3.42.